The van der Waals surface area contributed by atoms with E-state index in [1.807, 2.05) is 6.07 Å². The highest BCUT2D eigenvalue weighted by atomic mass is 16.3. The van der Waals surface area contributed by atoms with E-state index in [0.29, 0.717) is 5.75 Å². The largest absolute Gasteiger partial charge is 0.508 e. The van der Waals surface area contributed by atoms with Crippen molar-refractivity contribution >= 4 is 0 Å². The van der Waals surface area contributed by atoms with E-state index >= 15 is 0 Å². The lowest BCUT2D eigenvalue weighted by Crippen LogP contribution is -2.01. The van der Waals surface area contributed by atoms with Crippen molar-refractivity contribution in [3.63, 3.8) is 0 Å². The topological polar surface area (TPSA) is 20.2 Å². The first-order valence-corrected chi connectivity index (χ1v) is 7.98. The summed E-state index contributed by atoms with van der Waals surface area (Å²) < 4.78 is 0. The number of aryl methyl sites for hydroxylation is 1. The molecule has 1 nitrogen and oxygen atoms in total. The van der Waals surface area contributed by atoms with Crippen LogP contribution in [0, 0.1) is 6.92 Å². The van der Waals surface area contributed by atoms with Crippen LogP contribution in [0.2, 0.25) is 0 Å². The van der Waals surface area contributed by atoms with Gasteiger partial charge in [0.15, 0.2) is 0 Å². The molecule has 19 heavy (non-hydrogen) atoms. The van der Waals surface area contributed by atoms with Crippen molar-refractivity contribution in [2.24, 2.45) is 0 Å². The average Bonchev–Trinajstić information content (AvgIpc) is 2.41. The van der Waals surface area contributed by atoms with Crippen molar-refractivity contribution < 1.29 is 5.11 Å². The van der Waals surface area contributed by atoms with Crippen LogP contribution in [0.25, 0.3) is 0 Å². The lowest BCUT2D eigenvalue weighted by Gasteiger charge is -2.16. The Morgan fingerprint density at radius 1 is 0.895 bits per heavy atom. The highest BCUT2D eigenvalue weighted by Crippen LogP contribution is 2.30. The van der Waals surface area contributed by atoms with Gasteiger partial charge in [-0.3, -0.25) is 0 Å². The number of phenols is 1. The molecule has 0 aromatic heterocycles. The number of rotatable bonds is 8. The summed E-state index contributed by atoms with van der Waals surface area (Å²) in [5.41, 5.74) is 5.27. The SMILES string of the molecule is CCCCCCCc1c(O)cc(CC)c(CC)c1C. The standard InChI is InChI=1S/C18H30O/c1-5-8-9-10-11-12-17-14(4)16(7-3)15(6-2)13-18(17)19/h13,19H,5-12H2,1-4H3. The number of unbranched alkanes of at least 4 members (excludes halogenated alkanes) is 4. The third-order valence-electron chi connectivity index (χ3n) is 4.18. The minimum Gasteiger partial charge on any atom is -0.508 e. The molecule has 0 atom stereocenters. The molecular weight excluding hydrogens is 232 g/mol. The summed E-state index contributed by atoms with van der Waals surface area (Å²) in [6.45, 7) is 8.80. The molecule has 1 N–H and O–H groups in total. The second-order valence-electron chi connectivity index (χ2n) is 5.51. The Morgan fingerprint density at radius 2 is 1.58 bits per heavy atom. The summed E-state index contributed by atoms with van der Waals surface area (Å²) in [7, 11) is 0. The molecule has 0 fully saturated rings. The fourth-order valence-corrected chi connectivity index (χ4v) is 2.98. The molecule has 0 amide bonds. The fraction of sp³-hybridized carbons (Fsp3) is 0.667. The summed E-state index contributed by atoms with van der Waals surface area (Å²) in [6.07, 6.45) is 9.52. The Kier molecular flexibility index (Phi) is 6.97. The fourth-order valence-electron chi connectivity index (χ4n) is 2.98. The van der Waals surface area contributed by atoms with Gasteiger partial charge < -0.3 is 5.11 Å². The third kappa shape index (κ3) is 4.26. The van der Waals surface area contributed by atoms with Gasteiger partial charge in [0.05, 0.1) is 0 Å². The van der Waals surface area contributed by atoms with Crippen LogP contribution in [-0.4, -0.2) is 5.11 Å². The molecule has 1 rings (SSSR count). The normalized spacial score (nSPS) is 10.9. The lowest BCUT2D eigenvalue weighted by atomic mass is 9.90. The molecule has 1 aromatic rings. The zero-order valence-corrected chi connectivity index (χ0v) is 13.2. The van der Waals surface area contributed by atoms with Gasteiger partial charge in [0.2, 0.25) is 0 Å². The van der Waals surface area contributed by atoms with Gasteiger partial charge in [-0.15, -0.1) is 0 Å². The van der Waals surface area contributed by atoms with E-state index in [2.05, 4.69) is 27.7 Å². The average molecular weight is 262 g/mol. The van der Waals surface area contributed by atoms with Gasteiger partial charge in [0, 0.05) is 0 Å². The van der Waals surface area contributed by atoms with Crippen molar-refractivity contribution in [2.45, 2.75) is 79.1 Å². The first-order valence-electron chi connectivity index (χ1n) is 7.98. The number of hydrogen-bond acceptors (Lipinski definition) is 1. The van der Waals surface area contributed by atoms with E-state index in [1.165, 1.54) is 54.4 Å². The van der Waals surface area contributed by atoms with Gasteiger partial charge in [-0.2, -0.15) is 0 Å². The summed E-state index contributed by atoms with van der Waals surface area (Å²) in [6, 6.07) is 1.99. The summed E-state index contributed by atoms with van der Waals surface area (Å²) in [5, 5.41) is 10.2. The molecule has 1 heteroatoms. The van der Waals surface area contributed by atoms with Crippen LogP contribution in [0.4, 0.5) is 0 Å². The lowest BCUT2D eigenvalue weighted by molar-refractivity contribution is 0.464. The van der Waals surface area contributed by atoms with E-state index in [-0.39, 0.29) is 0 Å². The molecule has 0 unspecified atom stereocenters. The zero-order valence-electron chi connectivity index (χ0n) is 13.2. The maximum Gasteiger partial charge on any atom is 0.119 e. The van der Waals surface area contributed by atoms with Crippen LogP contribution in [0.15, 0.2) is 6.07 Å². The van der Waals surface area contributed by atoms with Crippen molar-refractivity contribution in [2.75, 3.05) is 0 Å². The molecule has 0 aliphatic rings. The first kappa shape index (κ1) is 16.1. The molecule has 108 valence electrons. The van der Waals surface area contributed by atoms with E-state index < -0.39 is 0 Å². The maximum atomic E-state index is 10.2. The van der Waals surface area contributed by atoms with Crippen LogP contribution in [0.1, 0.15) is 75.1 Å². The summed E-state index contributed by atoms with van der Waals surface area (Å²) >= 11 is 0. The zero-order chi connectivity index (χ0) is 14.3. The van der Waals surface area contributed by atoms with Crippen molar-refractivity contribution in [1.82, 2.24) is 0 Å². The van der Waals surface area contributed by atoms with E-state index in [4.69, 9.17) is 0 Å². The highest BCUT2D eigenvalue weighted by Gasteiger charge is 2.12. The number of phenolic OH excluding ortho intramolecular Hbond substituents is 1. The third-order valence-corrected chi connectivity index (χ3v) is 4.18. The molecule has 0 aliphatic heterocycles. The second-order valence-corrected chi connectivity index (χ2v) is 5.51. The highest BCUT2D eigenvalue weighted by molar-refractivity contribution is 5.48. The Bertz CT molecular complexity index is 393. The molecule has 0 saturated carbocycles. The minimum atomic E-state index is 0.516. The first-order chi connectivity index (χ1) is 9.15. The molecule has 0 bridgehead atoms. The Labute approximate surface area is 119 Å². The van der Waals surface area contributed by atoms with Gasteiger partial charge in [0.1, 0.15) is 5.75 Å². The van der Waals surface area contributed by atoms with Gasteiger partial charge in [-0.25, -0.2) is 0 Å². The van der Waals surface area contributed by atoms with Crippen molar-refractivity contribution in [3.8, 4) is 5.75 Å². The van der Waals surface area contributed by atoms with Crippen LogP contribution in [-0.2, 0) is 19.3 Å². The molecular formula is C18H30O. The van der Waals surface area contributed by atoms with Crippen LogP contribution < -0.4 is 0 Å². The van der Waals surface area contributed by atoms with Gasteiger partial charge in [0.25, 0.3) is 0 Å². The van der Waals surface area contributed by atoms with E-state index in [9.17, 15) is 5.11 Å². The predicted octanol–water partition coefficient (Wildman–Crippen LogP) is 5.34. The van der Waals surface area contributed by atoms with E-state index in [0.717, 1.165) is 19.3 Å². The monoisotopic (exact) mass is 262 g/mol. The molecule has 0 radical (unpaired) electrons. The van der Waals surface area contributed by atoms with Gasteiger partial charge >= 0.3 is 0 Å². The molecule has 1 aromatic carbocycles. The van der Waals surface area contributed by atoms with Crippen LogP contribution in [0.3, 0.4) is 0 Å². The smallest absolute Gasteiger partial charge is 0.119 e. The van der Waals surface area contributed by atoms with Gasteiger partial charge in [-0.05, 0) is 60.9 Å². The Hall–Kier alpha value is -0.980. The van der Waals surface area contributed by atoms with Crippen molar-refractivity contribution in [1.29, 1.82) is 0 Å². The van der Waals surface area contributed by atoms with Gasteiger partial charge in [-0.1, -0.05) is 46.5 Å². The number of hydrogen-bond donors (Lipinski definition) is 1. The minimum absolute atomic E-state index is 0.516. The van der Waals surface area contributed by atoms with Crippen molar-refractivity contribution in [3.05, 3.63) is 28.3 Å². The van der Waals surface area contributed by atoms with Crippen LogP contribution in [0.5, 0.6) is 5.75 Å². The number of benzene rings is 1. The molecule has 0 saturated heterocycles. The maximum absolute atomic E-state index is 10.2. The second kappa shape index (κ2) is 8.24. The quantitative estimate of drug-likeness (QED) is 0.627. The molecule has 0 heterocycles. The Morgan fingerprint density at radius 3 is 2.16 bits per heavy atom. The van der Waals surface area contributed by atoms with Crippen LogP contribution >= 0.6 is 0 Å². The number of aromatic hydroxyl groups is 1. The molecule has 0 aliphatic carbocycles. The molecule has 0 spiro atoms. The Balaban J connectivity index is 2.77. The van der Waals surface area contributed by atoms with E-state index in [1.54, 1.807) is 0 Å². The summed E-state index contributed by atoms with van der Waals surface area (Å²) in [5.74, 6) is 0.516. The summed E-state index contributed by atoms with van der Waals surface area (Å²) in [4.78, 5) is 0. The predicted molar refractivity (Wildman–Crippen MR) is 84.1 cm³/mol.